The summed E-state index contributed by atoms with van der Waals surface area (Å²) in [5, 5.41) is 4.33. The molecule has 2 aliphatic heterocycles. The highest BCUT2D eigenvalue weighted by Gasteiger charge is 2.21. The van der Waals surface area contributed by atoms with Gasteiger partial charge in [0.15, 0.2) is 0 Å². The molecule has 0 amide bonds. The van der Waals surface area contributed by atoms with Gasteiger partial charge in [0, 0.05) is 31.1 Å². The topological polar surface area (TPSA) is 78.8 Å². The van der Waals surface area contributed by atoms with Crippen molar-refractivity contribution in [3.05, 3.63) is 29.8 Å². The van der Waals surface area contributed by atoms with E-state index in [1.54, 1.807) is 18.0 Å². The number of benzene rings is 1. The fraction of sp³-hybridized carbons (Fsp3) is 0.474. The van der Waals surface area contributed by atoms with Crippen LogP contribution in [0.5, 0.6) is 0 Å². The summed E-state index contributed by atoms with van der Waals surface area (Å²) in [5.74, 6) is 1.87. The zero-order valence-corrected chi connectivity index (χ0v) is 16.9. The van der Waals surface area contributed by atoms with Crippen LogP contribution in [0.25, 0.3) is 0 Å². The minimum absolute atomic E-state index is 0.468. The molecule has 0 radical (unpaired) electrons. The predicted octanol–water partition coefficient (Wildman–Crippen LogP) is 2.48. The molecular weight excluding hydrogens is 374 g/mol. The molecule has 3 heterocycles. The van der Waals surface area contributed by atoms with Crippen molar-refractivity contribution >= 4 is 35.8 Å². The van der Waals surface area contributed by atoms with Gasteiger partial charge in [-0.3, -0.25) is 0 Å². The van der Waals surface area contributed by atoms with Gasteiger partial charge in [-0.15, -0.1) is 11.8 Å². The van der Waals surface area contributed by atoms with E-state index in [1.807, 2.05) is 12.1 Å². The molecule has 0 saturated carbocycles. The van der Waals surface area contributed by atoms with Gasteiger partial charge in [-0.25, -0.2) is 5.43 Å². The van der Waals surface area contributed by atoms with E-state index in [-0.39, 0.29) is 0 Å². The number of hydrazone groups is 1. The van der Waals surface area contributed by atoms with Gasteiger partial charge in [0.05, 0.1) is 19.4 Å². The van der Waals surface area contributed by atoms with Crippen LogP contribution >= 0.6 is 11.8 Å². The van der Waals surface area contributed by atoms with Gasteiger partial charge < -0.3 is 14.5 Å². The highest BCUT2D eigenvalue weighted by Crippen LogP contribution is 2.21. The molecule has 4 rings (SSSR count). The van der Waals surface area contributed by atoms with Gasteiger partial charge in [0.2, 0.25) is 17.8 Å². The molecule has 0 spiro atoms. The van der Waals surface area contributed by atoms with Gasteiger partial charge in [-0.05, 0) is 36.8 Å². The zero-order chi connectivity index (χ0) is 19.2. The fourth-order valence-electron chi connectivity index (χ4n) is 3.22. The Morgan fingerprint density at radius 1 is 0.964 bits per heavy atom. The summed E-state index contributed by atoms with van der Waals surface area (Å²) in [6.45, 7) is 4.92. The van der Waals surface area contributed by atoms with E-state index in [2.05, 4.69) is 48.7 Å². The lowest BCUT2D eigenvalue weighted by Gasteiger charge is -2.27. The van der Waals surface area contributed by atoms with E-state index in [0.29, 0.717) is 25.1 Å². The average Bonchev–Trinajstić information content (AvgIpc) is 3.30. The van der Waals surface area contributed by atoms with Crippen LogP contribution in [0, 0.1) is 0 Å². The van der Waals surface area contributed by atoms with Crippen molar-refractivity contribution in [2.24, 2.45) is 5.10 Å². The maximum absolute atomic E-state index is 5.45. The molecule has 1 N–H and O–H groups in total. The summed E-state index contributed by atoms with van der Waals surface area (Å²) >= 11 is 1.72. The number of nitrogens with zero attached hydrogens (tertiary/aromatic N) is 6. The van der Waals surface area contributed by atoms with Crippen LogP contribution in [-0.4, -0.2) is 66.8 Å². The van der Waals surface area contributed by atoms with Gasteiger partial charge >= 0.3 is 0 Å². The van der Waals surface area contributed by atoms with Gasteiger partial charge in [-0.1, -0.05) is 12.1 Å². The number of nitrogens with one attached hydrogen (secondary N) is 1. The van der Waals surface area contributed by atoms with Crippen LogP contribution in [0.3, 0.4) is 0 Å². The summed E-state index contributed by atoms with van der Waals surface area (Å²) in [4.78, 5) is 19.5. The standard InChI is InChI=1S/C19H25N7OS/c1-28-16-6-4-15(5-7-16)14-20-24-17-21-18(25-8-2-3-9-25)23-19(22-17)26-10-12-27-13-11-26/h4-7,14H,2-3,8-13H2,1H3,(H,21,22,23,24)/b20-14-. The van der Waals surface area contributed by atoms with E-state index in [9.17, 15) is 0 Å². The molecule has 2 aromatic rings. The van der Waals surface area contributed by atoms with E-state index >= 15 is 0 Å². The molecule has 1 aromatic heterocycles. The van der Waals surface area contributed by atoms with Crippen LogP contribution in [0.1, 0.15) is 18.4 Å². The third-order valence-corrected chi connectivity index (χ3v) is 5.53. The maximum Gasteiger partial charge on any atom is 0.250 e. The Labute approximate surface area is 169 Å². The van der Waals surface area contributed by atoms with Crippen molar-refractivity contribution in [1.82, 2.24) is 15.0 Å². The number of hydrogen-bond acceptors (Lipinski definition) is 9. The Hall–Kier alpha value is -2.39. The minimum Gasteiger partial charge on any atom is -0.378 e. The minimum atomic E-state index is 0.468. The first-order valence-corrected chi connectivity index (χ1v) is 10.8. The number of hydrogen-bond donors (Lipinski definition) is 1. The second-order valence-electron chi connectivity index (χ2n) is 6.70. The summed E-state index contributed by atoms with van der Waals surface area (Å²) < 4.78 is 5.45. The summed E-state index contributed by atoms with van der Waals surface area (Å²) in [6.07, 6.45) is 6.18. The normalized spacial score (nSPS) is 17.5. The fourth-order valence-corrected chi connectivity index (χ4v) is 3.63. The van der Waals surface area contributed by atoms with Crippen molar-refractivity contribution in [1.29, 1.82) is 0 Å². The smallest absolute Gasteiger partial charge is 0.250 e. The number of ether oxygens (including phenoxy) is 1. The number of anilines is 3. The second kappa shape index (κ2) is 9.20. The molecule has 0 unspecified atom stereocenters. The molecule has 8 nitrogen and oxygen atoms in total. The van der Waals surface area contributed by atoms with Crippen LogP contribution in [-0.2, 0) is 4.74 Å². The Kier molecular flexibility index (Phi) is 6.23. The first kappa shape index (κ1) is 18.9. The lowest BCUT2D eigenvalue weighted by Crippen LogP contribution is -2.38. The highest BCUT2D eigenvalue weighted by atomic mass is 32.2. The molecule has 148 valence electrons. The molecule has 0 bridgehead atoms. The molecule has 2 fully saturated rings. The number of morpholine rings is 1. The largest absolute Gasteiger partial charge is 0.378 e. The molecular formula is C19H25N7OS. The van der Waals surface area contributed by atoms with E-state index < -0.39 is 0 Å². The van der Waals surface area contributed by atoms with Gasteiger partial charge in [0.25, 0.3) is 0 Å². The van der Waals surface area contributed by atoms with Crippen LogP contribution in [0.4, 0.5) is 17.8 Å². The summed E-state index contributed by atoms with van der Waals surface area (Å²) in [5.41, 5.74) is 4.00. The van der Waals surface area contributed by atoms with Crippen LogP contribution in [0.15, 0.2) is 34.3 Å². The van der Waals surface area contributed by atoms with Crippen molar-refractivity contribution in [2.45, 2.75) is 17.7 Å². The van der Waals surface area contributed by atoms with Crippen molar-refractivity contribution < 1.29 is 4.74 Å². The third-order valence-electron chi connectivity index (χ3n) is 4.79. The first-order valence-electron chi connectivity index (χ1n) is 9.59. The molecule has 0 atom stereocenters. The lowest BCUT2D eigenvalue weighted by atomic mass is 10.2. The average molecular weight is 400 g/mol. The Morgan fingerprint density at radius 3 is 2.25 bits per heavy atom. The lowest BCUT2D eigenvalue weighted by molar-refractivity contribution is 0.122. The van der Waals surface area contributed by atoms with Gasteiger partial charge in [0.1, 0.15) is 0 Å². The van der Waals surface area contributed by atoms with E-state index in [0.717, 1.165) is 37.7 Å². The highest BCUT2D eigenvalue weighted by molar-refractivity contribution is 7.98. The Balaban J connectivity index is 1.52. The second-order valence-corrected chi connectivity index (χ2v) is 7.58. The summed E-state index contributed by atoms with van der Waals surface area (Å²) in [7, 11) is 0. The zero-order valence-electron chi connectivity index (χ0n) is 16.0. The molecule has 2 saturated heterocycles. The molecule has 2 aliphatic rings. The van der Waals surface area contributed by atoms with Crippen molar-refractivity contribution in [3.8, 4) is 0 Å². The molecule has 9 heteroatoms. The first-order chi connectivity index (χ1) is 13.8. The van der Waals surface area contributed by atoms with Crippen LogP contribution in [0.2, 0.25) is 0 Å². The Morgan fingerprint density at radius 2 is 1.61 bits per heavy atom. The third kappa shape index (κ3) is 4.71. The number of aromatic nitrogens is 3. The Bertz CT molecular complexity index is 802. The molecule has 1 aromatic carbocycles. The maximum atomic E-state index is 5.45. The van der Waals surface area contributed by atoms with Crippen LogP contribution < -0.4 is 15.2 Å². The molecule has 0 aliphatic carbocycles. The van der Waals surface area contributed by atoms with Crippen molar-refractivity contribution in [3.63, 3.8) is 0 Å². The quantitative estimate of drug-likeness (QED) is 0.451. The number of rotatable bonds is 6. The van der Waals surface area contributed by atoms with E-state index in [4.69, 9.17) is 9.72 Å². The summed E-state index contributed by atoms with van der Waals surface area (Å²) in [6, 6.07) is 8.24. The SMILES string of the molecule is CSc1ccc(/C=N\Nc2nc(N3CCCC3)nc(N3CCOCC3)n2)cc1. The molecule has 28 heavy (non-hydrogen) atoms. The monoisotopic (exact) mass is 399 g/mol. The predicted molar refractivity (Wildman–Crippen MR) is 114 cm³/mol. The van der Waals surface area contributed by atoms with Gasteiger partial charge in [-0.2, -0.15) is 20.1 Å². The van der Waals surface area contributed by atoms with Crippen molar-refractivity contribution in [2.75, 3.05) is 60.9 Å². The van der Waals surface area contributed by atoms with E-state index in [1.165, 1.54) is 17.7 Å². The number of thioether (sulfide) groups is 1.